The number of carbonyl (C=O) groups excluding carboxylic acids is 1. The summed E-state index contributed by atoms with van der Waals surface area (Å²) in [4.78, 5) is 16.9. The van der Waals surface area contributed by atoms with Crippen molar-refractivity contribution in [2.24, 2.45) is 11.8 Å². The van der Waals surface area contributed by atoms with Gasteiger partial charge in [0.15, 0.2) is 0 Å². The fourth-order valence-corrected chi connectivity index (χ4v) is 3.48. The Bertz CT molecular complexity index is 440. The third-order valence-electron chi connectivity index (χ3n) is 4.61. The predicted molar refractivity (Wildman–Crippen MR) is 66.1 cm³/mol. The van der Waals surface area contributed by atoms with Gasteiger partial charge in [-0.05, 0) is 24.7 Å². The molecule has 0 aromatic carbocycles. The van der Waals surface area contributed by atoms with Crippen LogP contribution >= 0.6 is 0 Å². The molecule has 0 spiro atoms. The Hall–Kier alpha value is -1.36. The first-order chi connectivity index (χ1) is 8.81. The first-order valence-corrected chi connectivity index (χ1v) is 6.83. The van der Waals surface area contributed by atoms with E-state index in [1.165, 1.54) is 25.9 Å². The normalized spacial score (nSPS) is 31.9. The number of nitrogens with one attached hydrogen (secondary N) is 1. The van der Waals surface area contributed by atoms with Gasteiger partial charge in [-0.2, -0.15) is 5.10 Å². The first-order valence-electron chi connectivity index (χ1n) is 6.83. The van der Waals surface area contributed by atoms with Crippen LogP contribution in [0, 0.1) is 11.8 Å². The topological polar surface area (TPSA) is 52.2 Å². The molecule has 5 nitrogen and oxygen atoms in total. The molecule has 1 saturated carbocycles. The standard InChI is InChI=1S/C13H18N4O/c18-13(9-3-14-15-4-9)17-7-10-5-16(12-1-2-12)6-11(10)8-17/h3-4,10-12H,1-2,5-8H2,(H,14,15). The van der Waals surface area contributed by atoms with E-state index >= 15 is 0 Å². The van der Waals surface area contributed by atoms with Crippen molar-refractivity contribution < 1.29 is 4.79 Å². The summed E-state index contributed by atoms with van der Waals surface area (Å²) in [5.41, 5.74) is 0.689. The maximum absolute atomic E-state index is 12.2. The van der Waals surface area contributed by atoms with Gasteiger partial charge in [-0.3, -0.25) is 14.8 Å². The number of likely N-dealkylation sites (tertiary alicyclic amines) is 2. The number of carbonyl (C=O) groups is 1. The molecule has 1 aromatic rings. The molecule has 2 saturated heterocycles. The summed E-state index contributed by atoms with van der Waals surface area (Å²) in [6, 6.07) is 0.869. The molecule has 1 aromatic heterocycles. The van der Waals surface area contributed by atoms with E-state index in [1.807, 2.05) is 4.90 Å². The minimum absolute atomic E-state index is 0.135. The van der Waals surface area contributed by atoms with Gasteiger partial charge < -0.3 is 4.90 Å². The van der Waals surface area contributed by atoms with Gasteiger partial charge >= 0.3 is 0 Å². The molecule has 0 bridgehead atoms. The van der Waals surface area contributed by atoms with Crippen molar-refractivity contribution in [3.05, 3.63) is 18.0 Å². The molecule has 1 amide bonds. The second-order valence-corrected chi connectivity index (χ2v) is 5.90. The Kier molecular flexibility index (Phi) is 2.24. The lowest BCUT2D eigenvalue weighted by Crippen LogP contribution is -2.33. The fraction of sp³-hybridized carbons (Fsp3) is 0.692. The SMILES string of the molecule is O=C(c1cn[nH]c1)N1CC2CN(C3CC3)CC2C1. The van der Waals surface area contributed by atoms with Gasteiger partial charge in [-0.25, -0.2) is 0 Å². The van der Waals surface area contributed by atoms with Gasteiger partial charge in [0.1, 0.15) is 0 Å². The highest BCUT2D eigenvalue weighted by atomic mass is 16.2. The van der Waals surface area contributed by atoms with Crippen molar-refractivity contribution in [1.82, 2.24) is 20.0 Å². The van der Waals surface area contributed by atoms with Gasteiger partial charge in [0, 0.05) is 38.4 Å². The van der Waals surface area contributed by atoms with E-state index < -0.39 is 0 Å². The number of amides is 1. The largest absolute Gasteiger partial charge is 0.338 e. The van der Waals surface area contributed by atoms with Crippen LogP contribution in [0.1, 0.15) is 23.2 Å². The number of H-pyrrole nitrogens is 1. The minimum atomic E-state index is 0.135. The van der Waals surface area contributed by atoms with Gasteiger partial charge in [0.05, 0.1) is 11.8 Å². The zero-order chi connectivity index (χ0) is 12.1. The Labute approximate surface area is 106 Å². The highest BCUT2D eigenvalue weighted by Gasteiger charge is 2.45. The van der Waals surface area contributed by atoms with E-state index in [-0.39, 0.29) is 5.91 Å². The molecular formula is C13H18N4O. The fourth-order valence-electron chi connectivity index (χ4n) is 3.48. The number of hydrogen-bond donors (Lipinski definition) is 1. The van der Waals surface area contributed by atoms with Crippen LogP contribution < -0.4 is 0 Å². The Morgan fingerprint density at radius 2 is 1.94 bits per heavy atom. The molecular weight excluding hydrogens is 228 g/mol. The quantitative estimate of drug-likeness (QED) is 0.830. The first kappa shape index (κ1) is 10.6. The number of aromatic nitrogens is 2. The van der Waals surface area contributed by atoms with Crippen molar-refractivity contribution in [3.8, 4) is 0 Å². The number of fused-ring (bicyclic) bond motifs is 1. The molecule has 1 aliphatic carbocycles. The monoisotopic (exact) mass is 246 g/mol. The highest BCUT2D eigenvalue weighted by molar-refractivity contribution is 5.93. The van der Waals surface area contributed by atoms with Crippen LogP contribution in [0.3, 0.4) is 0 Å². The van der Waals surface area contributed by atoms with E-state index in [0.717, 1.165) is 19.1 Å². The predicted octanol–water partition coefficient (Wildman–Crippen LogP) is 0.576. The summed E-state index contributed by atoms with van der Waals surface area (Å²) >= 11 is 0. The maximum atomic E-state index is 12.2. The second-order valence-electron chi connectivity index (χ2n) is 5.90. The molecule has 3 fully saturated rings. The zero-order valence-electron chi connectivity index (χ0n) is 10.4. The zero-order valence-corrected chi connectivity index (χ0v) is 10.4. The molecule has 18 heavy (non-hydrogen) atoms. The molecule has 3 heterocycles. The third-order valence-corrected chi connectivity index (χ3v) is 4.61. The summed E-state index contributed by atoms with van der Waals surface area (Å²) in [6.07, 6.45) is 6.08. The molecule has 4 rings (SSSR count). The average Bonchev–Trinajstić information content (AvgIpc) is 2.81. The van der Waals surface area contributed by atoms with Crippen LogP contribution in [-0.4, -0.2) is 58.1 Å². The molecule has 5 heteroatoms. The van der Waals surface area contributed by atoms with Crippen molar-refractivity contribution in [3.63, 3.8) is 0 Å². The van der Waals surface area contributed by atoms with Crippen molar-refractivity contribution in [2.75, 3.05) is 26.2 Å². The average molecular weight is 246 g/mol. The van der Waals surface area contributed by atoms with E-state index in [4.69, 9.17) is 0 Å². The van der Waals surface area contributed by atoms with Crippen LogP contribution in [-0.2, 0) is 0 Å². The summed E-state index contributed by atoms with van der Waals surface area (Å²) < 4.78 is 0. The number of rotatable bonds is 2. The van der Waals surface area contributed by atoms with E-state index in [0.29, 0.717) is 17.4 Å². The third kappa shape index (κ3) is 1.65. The molecule has 0 radical (unpaired) electrons. The van der Waals surface area contributed by atoms with Gasteiger partial charge in [0.25, 0.3) is 5.91 Å². The van der Waals surface area contributed by atoms with Gasteiger partial charge in [-0.15, -0.1) is 0 Å². The van der Waals surface area contributed by atoms with E-state index in [2.05, 4.69) is 15.1 Å². The Morgan fingerprint density at radius 1 is 1.22 bits per heavy atom. The van der Waals surface area contributed by atoms with Crippen LogP contribution in [0.25, 0.3) is 0 Å². The van der Waals surface area contributed by atoms with Crippen LogP contribution in [0.15, 0.2) is 12.4 Å². The van der Waals surface area contributed by atoms with Crippen molar-refractivity contribution in [2.45, 2.75) is 18.9 Å². The smallest absolute Gasteiger partial charge is 0.257 e. The maximum Gasteiger partial charge on any atom is 0.257 e. The van der Waals surface area contributed by atoms with E-state index in [9.17, 15) is 4.79 Å². The lowest BCUT2D eigenvalue weighted by Gasteiger charge is -2.20. The summed E-state index contributed by atoms with van der Waals surface area (Å²) in [5, 5.41) is 6.56. The lowest BCUT2D eigenvalue weighted by atomic mass is 10.0. The molecule has 2 unspecified atom stereocenters. The Balaban J connectivity index is 1.42. The molecule has 3 aliphatic rings. The molecule has 96 valence electrons. The Morgan fingerprint density at radius 3 is 2.50 bits per heavy atom. The number of nitrogens with zero attached hydrogens (tertiary/aromatic N) is 3. The second kappa shape index (κ2) is 3.82. The molecule has 2 aliphatic heterocycles. The molecule has 1 N–H and O–H groups in total. The summed E-state index contributed by atoms with van der Waals surface area (Å²) in [7, 11) is 0. The van der Waals surface area contributed by atoms with Crippen LogP contribution in [0.4, 0.5) is 0 Å². The van der Waals surface area contributed by atoms with Crippen molar-refractivity contribution in [1.29, 1.82) is 0 Å². The minimum Gasteiger partial charge on any atom is -0.338 e. The summed E-state index contributed by atoms with van der Waals surface area (Å²) in [5.74, 6) is 1.53. The molecule has 2 atom stereocenters. The van der Waals surface area contributed by atoms with Crippen molar-refractivity contribution >= 4 is 5.91 Å². The van der Waals surface area contributed by atoms with Crippen LogP contribution in [0.5, 0.6) is 0 Å². The highest BCUT2D eigenvalue weighted by Crippen LogP contribution is 2.38. The van der Waals surface area contributed by atoms with Gasteiger partial charge in [-0.1, -0.05) is 0 Å². The van der Waals surface area contributed by atoms with Crippen LogP contribution in [0.2, 0.25) is 0 Å². The van der Waals surface area contributed by atoms with Gasteiger partial charge in [0.2, 0.25) is 0 Å². The summed E-state index contributed by atoms with van der Waals surface area (Å²) in [6.45, 7) is 4.25. The number of hydrogen-bond acceptors (Lipinski definition) is 3. The van der Waals surface area contributed by atoms with E-state index in [1.54, 1.807) is 12.4 Å². The lowest BCUT2D eigenvalue weighted by molar-refractivity contribution is 0.0773. The number of aromatic amines is 1.